The van der Waals surface area contributed by atoms with Crippen molar-refractivity contribution < 1.29 is 0 Å². The van der Waals surface area contributed by atoms with Gasteiger partial charge in [-0.25, -0.2) is 5.84 Å². The van der Waals surface area contributed by atoms with Crippen molar-refractivity contribution in [1.82, 2.24) is 4.90 Å². The Hall–Kier alpha value is -1.48. The second-order valence-electron chi connectivity index (χ2n) is 6.34. The molecular formula is C18H27N3. The van der Waals surface area contributed by atoms with Gasteiger partial charge < -0.3 is 9.91 Å². The molecule has 3 nitrogen and oxygen atoms in total. The highest BCUT2D eigenvalue weighted by Gasteiger charge is 2.37. The Morgan fingerprint density at radius 3 is 2.57 bits per heavy atom. The van der Waals surface area contributed by atoms with Crippen molar-refractivity contribution in [1.29, 1.82) is 0 Å². The quantitative estimate of drug-likeness (QED) is 0.846. The molecule has 21 heavy (non-hydrogen) atoms. The van der Waals surface area contributed by atoms with Crippen LogP contribution >= 0.6 is 0 Å². The van der Waals surface area contributed by atoms with E-state index in [9.17, 15) is 0 Å². The number of hydrogen-bond acceptors (Lipinski definition) is 3. The lowest BCUT2D eigenvalue weighted by Gasteiger charge is -2.33. The Morgan fingerprint density at radius 2 is 1.90 bits per heavy atom. The Bertz CT molecular complexity index is 564. The zero-order valence-electron chi connectivity index (χ0n) is 13.5. The molecule has 2 aliphatic heterocycles. The summed E-state index contributed by atoms with van der Waals surface area (Å²) in [4.78, 5) is 2.47. The minimum Gasteiger partial charge on any atom is -0.366 e. The maximum absolute atomic E-state index is 6.49. The van der Waals surface area contributed by atoms with Gasteiger partial charge in [-0.2, -0.15) is 0 Å². The smallest absolute Gasteiger partial charge is 0.0628 e. The first kappa shape index (κ1) is 14.5. The van der Waals surface area contributed by atoms with Gasteiger partial charge in [-0.15, -0.1) is 0 Å². The predicted molar refractivity (Wildman–Crippen MR) is 90.1 cm³/mol. The molecule has 2 heterocycles. The maximum atomic E-state index is 6.49. The highest BCUT2D eigenvalue weighted by molar-refractivity contribution is 5.78. The minimum absolute atomic E-state index is 0.322. The summed E-state index contributed by atoms with van der Waals surface area (Å²) in [5, 5.41) is 1.98. The molecular weight excluding hydrogens is 258 g/mol. The summed E-state index contributed by atoms with van der Waals surface area (Å²) in [6, 6.07) is 5.43. The first-order valence-electron chi connectivity index (χ1n) is 8.24. The van der Waals surface area contributed by atoms with Crippen LogP contribution in [0.4, 0.5) is 5.69 Å². The first-order valence-corrected chi connectivity index (χ1v) is 8.24. The summed E-state index contributed by atoms with van der Waals surface area (Å²) >= 11 is 0. The van der Waals surface area contributed by atoms with Gasteiger partial charge in [0.1, 0.15) is 0 Å². The average Bonchev–Trinajstić information content (AvgIpc) is 2.98. The van der Waals surface area contributed by atoms with Crippen molar-refractivity contribution in [3.63, 3.8) is 0 Å². The lowest BCUT2D eigenvalue weighted by atomic mass is 9.96. The van der Waals surface area contributed by atoms with Crippen LogP contribution in [0.2, 0.25) is 0 Å². The molecule has 3 rings (SSSR count). The van der Waals surface area contributed by atoms with Crippen LogP contribution in [-0.2, 0) is 12.8 Å². The van der Waals surface area contributed by atoms with Gasteiger partial charge in [0.2, 0.25) is 0 Å². The number of hydrogen-bond donors (Lipinski definition) is 1. The van der Waals surface area contributed by atoms with Gasteiger partial charge in [-0.05, 0) is 55.9 Å². The Labute approximate surface area is 128 Å². The van der Waals surface area contributed by atoms with E-state index in [-0.39, 0.29) is 0 Å². The van der Waals surface area contributed by atoms with E-state index in [1.807, 2.05) is 5.01 Å². The molecule has 2 unspecified atom stereocenters. The molecule has 0 amide bonds. The minimum atomic E-state index is 0.322. The number of nitrogens with zero attached hydrogens (tertiary/aromatic N) is 2. The van der Waals surface area contributed by atoms with Crippen molar-refractivity contribution >= 4 is 11.4 Å². The number of hydrazine groups is 1. The van der Waals surface area contributed by atoms with Gasteiger partial charge in [0.25, 0.3) is 0 Å². The third-order valence-corrected chi connectivity index (χ3v) is 5.31. The standard InChI is InChI=1S/C18H27N3/c1-5-14-10-16-12(3)20-9-7-8-17(20)13(4)21(19)18(16)11-15(14)6-2/h10-11,13,17H,3,5-9,19H2,1-2,4H3. The van der Waals surface area contributed by atoms with Crippen LogP contribution in [0.1, 0.15) is 50.3 Å². The zero-order chi connectivity index (χ0) is 15.1. The van der Waals surface area contributed by atoms with Crippen LogP contribution in [0.3, 0.4) is 0 Å². The molecule has 0 spiro atoms. The van der Waals surface area contributed by atoms with Crippen molar-refractivity contribution in [2.75, 3.05) is 11.6 Å². The molecule has 0 saturated carbocycles. The van der Waals surface area contributed by atoms with Crippen molar-refractivity contribution in [3.8, 4) is 0 Å². The maximum Gasteiger partial charge on any atom is 0.0628 e. The predicted octanol–water partition coefficient (Wildman–Crippen LogP) is 3.33. The van der Waals surface area contributed by atoms with Gasteiger partial charge in [-0.3, -0.25) is 0 Å². The number of fused-ring (bicyclic) bond motifs is 2. The van der Waals surface area contributed by atoms with Gasteiger partial charge in [0.05, 0.1) is 17.8 Å². The molecule has 2 aliphatic rings. The largest absolute Gasteiger partial charge is 0.366 e. The first-order chi connectivity index (χ1) is 10.1. The highest BCUT2D eigenvalue weighted by Crippen LogP contribution is 2.40. The van der Waals surface area contributed by atoms with Crippen LogP contribution in [0.25, 0.3) is 5.70 Å². The zero-order valence-corrected chi connectivity index (χ0v) is 13.5. The number of nitrogens with two attached hydrogens (primary N) is 1. The van der Waals surface area contributed by atoms with Crippen LogP contribution in [-0.4, -0.2) is 23.5 Å². The van der Waals surface area contributed by atoms with E-state index in [1.165, 1.54) is 29.5 Å². The normalized spacial score (nSPS) is 24.9. The summed E-state index contributed by atoms with van der Waals surface area (Å²) in [6.45, 7) is 12.2. The lowest BCUT2D eigenvalue weighted by molar-refractivity contribution is 0.326. The summed E-state index contributed by atoms with van der Waals surface area (Å²) in [6.07, 6.45) is 4.57. The summed E-state index contributed by atoms with van der Waals surface area (Å²) in [5.41, 5.74) is 6.37. The number of anilines is 1. The molecule has 2 atom stereocenters. The SMILES string of the molecule is C=C1c2cc(CC)c(CC)cc2N(N)C(C)C2CCCN12. The van der Waals surface area contributed by atoms with E-state index >= 15 is 0 Å². The Balaban J connectivity index is 2.16. The number of rotatable bonds is 2. The molecule has 1 saturated heterocycles. The molecule has 3 heteroatoms. The van der Waals surface area contributed by atoms with Crippen LogP contribution in [0.15, 0.2) is 18.7 Å². The van der Waals surface area contributed by atoms with E-state index in [0.29, 0.717) is 12.1 Å². The molecule has 0 bridgehead atoms. The molecule has 1 aromatic rings. The molecule has 0 aliphatic carbocycles. The van der Waals surface area contributed by atoms with Gasteiger partial charge in [0, 0.05) is 17.8 Å². The Kier molecular flexibility index (Phi) is 3.70. The van der Waals surface area contributed by atoms with Gasteiger partial charge >= 0.3 is 0 Å². The second kappa shape index (κ2) is 5.38. The third kappa shape index (κ3) is 2.15. The summed E-state index contributed by atoms with van der Waals surface area (Å²) < 4.78 is 0. The molecule has 2 N–H and O–H groups in total. The average molecular weight is 285 g/mol. The third-order valence-electron chi connectivity index (χ3n) is 5.31. The summed E-state index contributed by atoms with van der Waals surface area (Å²) in [7, 11) is 0. The highest BCUT2D eigenvalue weighted by atomic mass is 15.4. The Morgan fingerprint density at radius 1 is 1.24 bits per heavy atom. The van der Waals surface area contributed by atoms with Crippen molar-refractivity contribution in [2.24, 2.45) is 5.84 Å². The van der Waals surface area contributed by atoms with E-state index < -0.39 is 0 Å². The van der Waals surface area contributed by atoms with Crippen molar-refractivity contribution in [3.05, 3.63) is 35.4 Å². The summed E-state index contributed by atoms with van der Waals surface area (Å²) in [5.74, 6) is 6.49. The van der Waals surface area contributed by atoms with Crippen LogP contribution in [0, 0.1) is 0 Å². The molecule has 1 fully saturated rings. The second-order valence-corrected chi connectivity index (χ2v) is 6.34. The fourth-order valence-electron chi connectivity index (χ4n) is 3.97. The van der Waals surface area contributed by atoms with E-state index in [1.54, 1.807) is 0 Å². The van der Waals surface area contributed by atoms with Crippen molar-refractivity contribution in [2.45, 2.75) is 58.5 Å². The number of aryl methyl sites for hydroxylation is 2. The van der Waals surface area contributed by atoms with Crippen LogP contribution in [0.5, 0.6) is 0 Å². The molecule has 0 radical (unpaired) electrons. The van der Waals surface area contributed by atoms with E-state index in [2.05, 4.69) is 44.4 Å². The fourth-order valence-corrected chi connectivity index (χ4v) is 3.97. The topological polar surface area (TPSA) is 32.5 Å². The van der Waals surface area contributed by atoms with Gasteiger partial charge in [-0.1, -0.05) is 20.4 Å². The van der Waals surface area contributed by atoms with Crippen LogP contribution < -0.4 is 10.9 Å². The number of benzene rings is 1. The lowest BCUT2D eigenvalue weighted by Crippen LogP contribution is -2.48. The fraction of sp³-hybridized carbons (Fsp3) is 0.556. The van der Waals surface area contributed by atoms with Gasteiger partial charge in [0.15, 0.2) is 0 Å². The molecule has 0 aromatic heterocycles. The molecule has 114 valence electrons. The van der Waals surface area contributed by atoms with E-state index in [0.717, 1.165) is 30.8 Å². The van der Waals surface area contributed by atoms with E-state index in [4.69, 9.17) is 5.84 Å². The molecule has 1 aromatic carbocycles. The monoisotopic (exact) mass is 285 g/mol.